The number of carbonyl (C=O) groups is 2. The Morgan fingerprint density at radius 3 is 2.63 bits per heavy atom. The van der Waals surface area contributed by atoms with Gasteiger partial charge in [0.2, 0.25) is 0 Å². The predicted octanol–water partition coefficient (Wildman–Crippen LogP) is 1.87. The van der Waals surface area contributed by atoms with Gasteiger partial charge in [-0.1, -0.05) is 19.3 Å². The summed E-state index contributed by atoms with van der Waals surface area (Å²) in [5.41, 5.74) is -1.12. The zero-order valence-electron chi connectivity index (χ0n) is 10.6. The molecule has 0 unspecified atom stereocenters. The predicted molar refractivity (Wildman–Crippen MR) is 67.5 cm³/mol. The second-order valence-corrected chi connectivity index (χ2v) is 4.83. The van der Waals surface area contributed by atoms with E-state index in [1.54, 1.807) is 12.1 Å². The summed E-state index contributed by atoms with van der Waals surface area (Å²) < 4.78 is 5.09. The van der Waals surface area contributed by atoms with Crippen LogP contribution in [0.15, 0.2) is 22.8 Å². The number of hydrogen-bond donors (Lipinski definition) is 3. The zero-order chi connectivity index (χ0) is 13.7. The maximum Gasteiger partial charge on any atom is 0.329 e. The lowest BCUT2D eigenvalue weighted by Crippen LogP contribution is -2.57. The lowest BCUT2D eigenvalue weighted by atomic mass is 9.82. The largest absolute Gasteiger partial charge is 0.480 e. The first-order valence-electron chi connectivity index (χ1n) is 6.44. The van der Waals surface area contributed by atoms with Gasteiger partial charge in [0.15, 0.2) is 0 Å². The van der Waals surface area contributed by atoms with Crippen molar-refractivity contribution in [2.24, 2.45) is 0 Å². The van der Waals surface area contributed by atoms with E-state index in [2.05, 4.69) is 10.6 Å². The molecule has 1 aromatic heterocycles. The number of nitrogens with one attached hydrogen (secondary N) is 2. The van der Waals surface area contributed by atoms with E-state index in [0.717, 1.165) is 19.3 Å². The Hall–Kier alpha value is -1.98. The maximum absolute atomic E-state index is 11.8. The minimum atomic E-state index is -1.12. The molecule has 0 saturated heterocycles. The molecule has 1 aliphatic rings. The van der Waals surface area contributed by atoms with Gasteiger partial charge in [-0.15, -0.1) is 0 Å². The monoisotopic (exact) mass is 266 g/mol. The van der Waals surface area contributed by atoms with Gasteiger partial charge >= 0.3 is 12.0 Å². The number of carbonyl (C=O) groups excluding carboxylic acids is 1. The van der Waals surface area contributed by atoms with Gasteiger partial charge in [-0.3, -0.25) is 0 Å². The number of rotatable bonds is 4. The van der Waals surface area contributed by atoms with E-state index in [-0.39, 0.29) is 6.54 Å². The maximum atomic E-state index is 11.8. The number of aliphatic carboxylic acids is 1. The highest BCUT2D eigenvalue weighted by molar-refractivity contribution is 5.86. The topological polar surface area (TPSA) is 91.6 Å². The van der Waals surface area contributed by atoms with Crippen LogP contribution < -0.4 is 10.6 Å². The Balaban J connectivity index is 1.90. The van der Waals surface area contributed by atoms with Crippen LogP contribution in [-0.4, -0.2) is 22.6 Å². The fourth-order valence-corrected chi connectivity index (χ4v) is 2.39. The van der Waals surface area contributed by atoms with Crippen LogP contribution in [0.25, 0.3) is 0 Å². The van der Waals surface area contributed by atoms with E-state index in [0.29, 0.717) is 18.6 Å². The molecular formula is C13H18N2O4. The Morgan fingerprint density at radius 1 is 1.32 bits per heavy atom. The highest BCUT2D eigenvalue weighted by atomic mass is 16.4. The van der Waals surface area contributed by atoms with Crippen molar-refractivity contribution in [3.05, 3.63) is 24.2 Å². The minimum Gasteiger partial charge on any atom is -0.480 e. The molecule has 6 nitrogen and oxygen atoms in total. The van der Waals surface area contributed by atoms with Crippen molar-refractivity contribution in [3.63, 3.8) is 0 Å². The van der Waals surface area contributed by atoms with Crippen molar-refractivity contribution in [1.82, 2.24) is 10.6 Å². The molecule has 3 N–H and O–H groups in total. The highest BCUT2D eigenvalue weighted by Gasteiger charge is 2.40. The van der Waals surface area contributed by atoms with E-state index in [9.17, 15) is 14.7 Å². The van der Waals surface area contributed by atoms with Gasteiger partial charge in [0, 0.05) is 0 Å². The van der Waals surface area contributed by atoms with Crippen LogP contribution in [0.5, 0.6) is 0 Å². The second-order valence-electron chi connectivity index (χ2n) is 4.83. The van der Waals surface area contributed by atoms with Gasteiger partial charge in [-0.05, 0) is 25.0 Å². The van der Waals surface area contributed by atoms with Crippen molar-refractivity contribution < 1.29 is 19.1 Å². The van der Waals surface area contributed by atoms with Gasteiger partial charge in [-0.25, -0.2) is 9.59 Å². The second kappa shape index (κ2) is 5.77. The lowest BCUT2D eigenvalue weighted by Gasteiger charge is -2.33. The summed E-state index contributed by atoms with van der Waals surface area (Å²) in [5.74, 6) is -0.330. The Labute approximate surface area is 111 Å². The van der Waals surface area contributed by atoms with Crippen LogP contribution in [-0.2, 0) is 11.3 Å². The molecule has 6 heteroatoms. The van der Waals surface area contributed by atoms with Crippen molar-refractivity contribution in [2.45, 2.75) is 44.2 Å². The summed E-state index contributed by atoms with van der Waals surface area (Å²) in [7, 11) is 0. The van der Waals surface area contributed by atoms with Crippen molar-refractivity contribution >= 4 is 12.0 Å². The summed E-state index contributed by atoms with van der Waals surface area (Å²) >= 11 is 0. The van der Waals surface area contributed by atoms with Gasteiger partial charge in [0.05, 0.1) is 12.8 Å². The van der Waals surface area contributed by atoms with E-state index in [1.807, 2.05) is 0 Å². The molecule has 0 bridgehead atoms. The van der Waals surface area contributed by atoms with Crippen LogP contribution in [0, 0.1) is 0 Å². The Kier molecular flexibility index (Phi) is 4.09. The molecule has 0 aromatic carbocycles. The minimum absolute atomic E-state index is 0.245. The molecule has 1 fully saturated rings. The van der Waals surface area contributed by atoms with Crippen LogP contribution >= 0.6 is 0 Å². The van der Waals surface area contributed by atoms with E-state index in [4.69, 9.17) is 4.42 Å². The van der Waals surface area contributed by atoms with E-state index in [1.165, 1.54) is 6.26 Å². The van der Waals surface area contributed by atoms with Gasteiger partial charge in [-0.2, -0.15) is 0 Å². The number of carboxylic acids is 1. The summed E-state index contributed by atoms with van der Waals surface area (Å²) in [4.78, 5) is 23.2. The van der Waals surface area contributed by atoms with Crippen molar-refractivity contribution in [3.8, 4) is 0 Å². The first-order valence-corrected chi connectivity index (χ1v) is 6.44. The number of furan rings is 1. The molecule has 1 aliphatic carbocycles. The van der Waals surface area contributed by atoms with Gasteiger partial charge in [0.1, 0.15) is 11.3 Å². The first kappa shape index (κ1) is 13.5. The van der Waals surface area contributed by atoms with Crippen LogP contribution in [0.2, 0.25) is 0 Å². The van der Waals surface area contributed by atoms with Crippen LogP contribution in [0.4, 0.5) is 4.79 Å². The Bertz CT molecular complexity index is 436. The van der Waals surface area contributed by atoms with Crippen molar-refractivity contribution in [1.29, 1.82) is 0 Å². The lowest BCUT2D eigenvalue weighted by molar-refractivity contribution is -0.145. The third-order valence-electron chi connectivity index (χ3n) is 3.47. The highest BCUT2D eigenvalue weighted by Crippen LogP contribution is 2.28. The third-order valence-corrected chi connectivity index (χ3v) is 3.47. The zero-order valence-corrected chi connectivity index (χ0v) is 10.6. The molecule has 0 atom stereocenters. The van der Waals surface area contributed by atoms with Crippen LogP contribution in [0.3, 0.4) is 0 Å². The number of carboxylic acid groups (broad SMARTS) is 1. The normalized spacial score (nSPS) is 17.7. The molecule has 1 heterocycles. The third kappa shape index (κ3) is 3.27. The van der Waals surface area contributed by atoms with E-state index < -0.39 is 17.5 Å². The number of urea groups is 1. The summed E-state index contributed by atoms with van der Waals surface area (Å²) in [6, 6.07) is 3.00. The number of amides is 2. The molecule has 1 aromatic rings. The first-order chi connectivity index (χ1) is 9.12. The molecule has 0 radical (unpaired) electrons. The van der Waals surface area contributed by atoms with Crippen molar-refractivity contribution in [2.75, 3.05) is 0 Å². The molecule has 1 saturated carbocycles. The molecule has 2 amide bonds. The average Bonchev–Trinajstić information content (AvgIpc) is 2.90. The molecule has 19 heavy (non-hydrogen) atoms. The molecule has 0 aliphatic heterocycles. The molecule has 0 spiro atoms. The summed E-state index contributed by atoms with van der Waals surface area (Å²) in [6.07, 6.45) is 5.15. The summed E-state index contributed by atoms with van der Waals surface area (Å²) in [6.45, 7) is 0.245. The standard InChI is InChI=1S/C13H18N2O4/c16-11(17)13(6-2-1-3-7-13)15-12(18)14-9-10-5-4-8-19-10/h4-5,8H,1-3,6-7,9H2,(H,16,17)(H2,14,15,18). The Morgan fingerprint density at radius 2 is 2.05 bits per heavy atom. The van der Waals surface area contributed by atoms with Gasteiger partial charge < -0.3 is 20.2 Å². The fraction of sp³-hybridized carbons (Fsp3) is 0.538. The smallest absolute Gasteiger partial charge is 0.329 e. The fourth-order valence-electron chi connectivity index (χ4n) is 2.39. The summed E-state index contributed by atoms with van der Waals surface area (Å²) in [5, 5.41) is 14.5. The molecule has 104 valence electrons. The average molecular weight is 266 g/mol. The molecular weight excluding hydrogens is 248 g/mol. The van der Waals surface area contributed by atoms with Gasteiger partial charge in [0.25, 0.3) is 0 Å². The molecule has 2 rings (SSSR count). The van der Waals surface area contributed by atoms with Crippen LogP contribution in [0.1, 0.15) is 37.9 Å². The number of hydrogen-bond acceptors (Lipinski definition) is 3. The van der Waals surface area contributed by atoms with E-state index >= 15 is 0 Å². The SMILES string of the molecule is O=C(NCc1ccco1)NC1(C(=O)O)CCCCC1. The quantitative estimate of drug-likeness (QED) is 0.775.